The van der Waals surface area contributed by atoms with E-state index in [1.165, 1.54) is 0 Å². The van der Waals surface area contributed by atoms with Crippen molar-refractivity contribution in [2.75, 3.05) is 26.7 Å². The number of nitrogens with zero attached hydrogens (tertiary/aromatic N) is 1. The maximum atomic E-state index is 11.5. The van der Waals surface area contributed by atoms with Gasteiger partial charge in [-0.3, -0.25) is 9.79 Å². The number of hydrogen-bond acceptors (Lipinski definition) is 4. The third kappa shape index (κ3) is 3.98. The summed E-state index contributed by atoms with van der Waals surface area (Å²) in [6.07, 6.45) is 1.96. The first-order valence-electron chi connectivity index (χ1n) is 6.63. The number of hydrogen-bond donors (Lipinski definition) is 3. The zero-order valence-electron chi connectivity index (χ0n) is 11.2. The highest BCUT2D eigenvalue weighted by atomic mass is 16.1. The summed E-state index contributed by atoms with van der Waals surface area (Å²) in [6.45, 7) is 2.68. The molecule has 1 aromatic carbocycles. The molecule has 5 heteroatoms. The maximum absolute atomic E-state index is 11.5. The Balaban J connectivity index is 1.85. The average Bonchev–Trinajstić information content (AvgIpc) is 2.48. The first kappa shape index (κ1) is 13.4. The zero-order valence-corrected chi connectivity index (χ0v) is 11.2. The molecule has 1 aliphatic rings. The normalized spacial score (nSPS) is 14.3. The van der Waals surface area contributed by atoms with E-state index >= 15 is 0 Å². The predicted octanol–water partition coefficient (Wildman–Crippen LogP) is 0.528. The molecule has 102 valence electrons. The molecule has 0 aliphatic carbocycles. The van der Waals surface area contributed by atoms with Crippen molar-refractivity contribution in [3.05, 3.63) is 35.4 Å². The lowest BCUT2D eigenvalue weighted by Crippen LogP contribution is -2.41. The summed E-state index contributed by atoms with van der Waals surface area (Å²) in [4.78, 5) is 15.9. The van der Waals surface area contributed by atoms with Crippen molar-refractivity contribution >= 4 is 11.9 Å². The van der Waals surface area contributed by atoms with Gasteiger partial charge in [-0.1, -0.05) is 12.1 Å². The molecule has 0 bridgehead atoms. The van der Waals surface area contributed by atoms with Crippen LogP contribution < -0.4 is 16.0 Å². The molecule has 0 saturated heterocycles. The van der Waals surface area contributed by atoms with Gasteiger partial charge >= 0.3 is 0 Å². The fourth-order valence-electron chi connectivity index (χ4n) is 1.99. The molecule has 0 atom stereocenters. The molecule has 1 heterocycles. The van der Waals surface area contributed by atoms with Gasteiger partial charge in [0.25, 0.3) is 5.91 Å². The van der Waals surface area contributed by atoms with Crippen molar-refractivity contribution in [3.63, 3.8) is 0 Å². The van der Waals surface area contributed by atoms with E-state index in [9.17, 15) is 4.79 Å². The second kappa shape index (κ2) is 6.78. The van der Waals surface area contributed by atoms with Crippen molar-refractivity contribution in [2.45, 2.75) is 12.8 Å². The molecule has 0 fully saturated rings. The van der Waals surface area contributed by atoms with Crippen LogP contribution in [0, 0.1) is 0 Å². The highest BCUT2D eigenvalue weighted by Crippen LogP contribution is 2.05. The van der Waals surface area contributed by atoms with Gasteiger partial charge in [0.1, 0.15) is 0 Å². The van der Waals surface area contributed by atoms with Crippen molar-refractivity contribution in [1.82, 2.24) is 16.0 Å². The van der Waals surface area contributed by atoms with Gasteiger partial charge in [-0.15, -0.1) is 0 Å². The fourth-order valence-corrected chi connectivity index (χ4v) is 1.99. The van der Waals surface area contributed by atoms with Gasteiger partial charge in [0.2, 0.25) is 0 Å². The van der Waals surface area contributed by atoms with Gasteiger partial charge in [0, 0.05) is 32.2 Å². The largest absolute Gasteiger partial charge is 0.356 e. The predicted molar refractivity (Wildman–Crippen MR) is 76.5 cm³/mol. The Morgan fingerprint density at radius 3 is 3.11 bits per heavy atom. The summed E-state index contributed by atoms with van der Waals surface area (Å²) in [5.74, 6) is 0.835. The van der Waals surface area contributed by atoms with E-state index in [0.29, 0.717) is 5.56 Å². The van der Waals surface area contributed by atoms with E-state index in [-0.39, 0.29) is 5.91 Å². The van der Waals surface area contributed by atoms with Crippen LogP contribution in [0.1, 0.15) is 22.3 Å². The van der Waals surface area contributed by atoms with Gasteiger partial charge in [-0.05, 0) is 30.5 Å². The van der Waals surface area contributed by atoms with Crippen LogP contribution in [-0.4, -0.2) is 38.5 Å². The van der Waals surface area contributed by atoms with E-state index in [1.54, 1.807) is 7.05 Å². The van der Waals surface area contributed by atoms with E-state index < -0.39 is 0 Å². The molecular formula is C14H20N4O. The van der Waals surface area contributed by atoms with Crippen molar-refractivity contribution in [1.29, 1.82) is 0 Å². The number of carbonyl (C=O) groups is 1. The van der Waals surface area contributed by atoms with E-state index in [0.717, 1.165) is 44.0 Å². The number of aliphatic imine (C=N–C) groups is 1. The van der Waals surface area contributed by atoms with E-state index in [4.69, 9.17) is 0 Å². The summed E-state index contributed by atoms with van der Waals surface area (Å²) < 4.78 is 0. The molecule has 5 nitrogen and oxygen atoms in total. The van der Waals surface area contributed by atoms with Crippen molar-refractivity contribution in [3.8, 4) is 0 Å². The standard InChI is InChI=1S/C14H20N4O/c1-15-13(19)12-5-2-4-11(10-12)6-9-18-14-16-7-3-8-17-14/h2,4-5,10H,3,6-9H2,1H3,(H,15,19)(H2,16,17,18). The summed E-state index contributed by atoms with van der Waals surface area (Å²) in [6, 6.07) is 7.69. The first-order valence-corrected chi connectivity index (χ1v) is 6.63. The van der Waals surface area contributed by atoms with Crippen molar-refractivity contribution < 1.29 is 4.79 Å². The van der Waals surface area contributed by atoms with E-state index in [1.807, 2.05) is 24.3 Å². The highest BCUT2D eigenvalue weighted by Gasteiger charge is 2.05. The number of nitrogens with one attached hydrogen (secondary N) is 3. The minimum atomic E-state index is -0.0480. The number of rotatable bonds is 4. The quantitative estimate of drug-likeness (QED) is 0.740. The van der Waals surface area contributed by atoms with Gasteiger partial charge in [-0.25, -0.2) is 0 Å². The number of guanidine groups is 1. The molecule has 1 aliphatic heterocycles. The Morgan fingerprint density at radius 2 is 2.37 bits per heavy atom. The minimum Gasteiger partial charge on any atom is -0.356 e. The second-order valence-electron chi connectivity index (χ2n) is 4.47. The number of carbonyl (C=O) groups excluding carboxylic acids is 1. The lowest BCUT2D eigenvalue weighted by molar-refractivity contribution is 0.0963. The molecule has 1 aromatic rings. The Hall–Kier alpha value is -2.04. The maximum Gasteiger partial charge on any atom is 0.251 e. The van der Waals surface area contributed by atoms with Crippen LogP contribution in [0.25, 0.3) is 0 Å². The van der Waals surface area contributed by atoms with Crippen molar-refractivity contribution in [2.24, 2.45) is 4.99 Å². The Labute approximate surface area is 113 Å². The van der Waals surface area contributed by atoms with Crippen LogP contribution >= 0.6 is 0 Å². The van der Waals surface area contributed by atoms with Crippen LogP contribution in [0.2, 0.25) is 0 Å². The Morgan fingerprint density at radius 1 is 1.47 bits per heavy atom. The molecule has 2 rings (SSSR count). The Kier molecular flexibility index (Phi) is 4.78. The van der Waals surface area contributed by atoms with Crippen LogP contribution in [0.3, 0.4) is 0 Å². The third-order valence-corrected chi connectivity index (χ3v) is 3.02. The summed E-state index contributed by atoms with van der Waals surface area (Å²) >= 11 is 0. The molecular weight excluding hydrogens is 240 g/mol. The molecule has 3 N–H and O–H groups in total. The molecule has 0 saturated carbocycles. The smallest absolute Gasteiger partial charge is 0.251 e. The topological polar surface area (TPSA) is 65.5 Å². The summed E-state index contributed by atoms with van der Waals surface area (Å²) in [7, 11) is 1.64. The number of amides is 1. The first-order chi connectivity index (χ1) is 9.29. The third-order valence-electron chi connectivity index (χ3n) is 3.02. The zero-order chi connectivity index (χ0) is 13.5. The minimum absolute atomic E-state index is 0.0480. The fraction of sp³-hybridized carbons (Fsp3) is 0.429. The summed E-state index contributed by atoms with van der Waals surface area (Å²) in [5.41, 5.74) is 1.85. The SMILES string of the molecule is CNC(=O)c1cccc(CCNC2=NCCCN2)c1. The van der Waals surface area contributed by atoms with Crippen LogP contribution in [0.15, 0.2) is 29.3 Å². The Bertz CT molecular complexity index is 470. The molecule has 1 amide bonds. The average molecular weight is 260 g/mol. The van der Waals surface area contributed by atoms with Crippen LogP contribution in [-0.2, 0) is 6.42 Å². The summed E-state index contributed by atoms with van der Waals surface area (Å²) in [5, 5.41) is 9.12. The molecule has 0 spiro atoms. The lowest BCUT2D eigenvalue weighted by Gasteiger charge is -2.16. The second-order valence-corrected chi connectivity index (χ2v) is 4.47. The lowest BCUT2D eigenvalue weighted by atomic mass is 10.1. The monoisotopic (exact) mass is 260 g/mol. The molecule has 0 radical (unpaired) electrons. The highest BCUT2D eigenvalue weighted by molar-refractivity contribution is 5.94. The van der Waals surface area contributed by atoms with Gasteiger partial charge in [-0.2, -0.15) is 0 Å². The van der Waals surface area contributed by atoms with Gasteiger partial charge in [0.05, 0.1) is 0 Å². The molecule has 0 aromatic heterocycles. The number of benzene rings is 1. The van der Waals surface area contributed by atoms with Crippen LogP contribution in [0.5, 0.6) is 0 Å². The molecule has 19 heavy (non-hydrogen) atoms. The van der Waals surface area contributed by atoms with Gasteiger partial charge < -0.3 is 16.0 Å². The van der Waals surface area contributed by atoms with E-state index in [2.05, 4.69) is 20.9 Å². The molecule has 0 unspecified atom stereocenters. The van der Waals surface area contributed by atoms with Gasteiger partial charge in [0.15, 0.2) is 5.96 Å². The van der Waals surface area contributed by atoms with Crippen LogP contribution in [0.4, 0.5) is 0 Å².